The summed E-state index contributed by atoms with van der Waals surface area (Å²) in [5.41, 5.74) is 0. The first-order chi connectivity index (χ1) is 7.63. The highest BCUT2D eigenvalue weighted by molar-refractivity contribution is 7.99. The monoisotopic (exact) mass is 245 g/mol. The molecule has 0 atom stereocenters. The normalized spacial score (nSPS) is 16.4. The zero-order valence-electron chi connectivity index (χ0n) is 10.8. The molecule has 1 amide bonds. The van der Waals surface area contributed by atoms with E-state index in [1.807, 2.05) is 30.5 Å². The second-order valence-corrected chi connectivity index (χ2v) is 4.83. The third-order valence-electron chi connectivity index (χ3n) is 2.53. The third kappa shape index (κ3) is 5.54. The van der Waals surface area contributed by atoms with E-state index in [0.717, 1.165) is 25.9 Å². The van der Waals surface area contributed by atoms with Gasteiger partial charge in [-0.2, -0.15) is 11.8 Å². The molecule has 0 N–H and O–H groups in total. The van der Waals surface area contributed by atoms with Crippen molar-refractivity contribution in [3.05, 3.63) is 0 Å². The van der Waals surface area contributed by atoms with E-state index in [1.54, 1.807) is 0 Å². The maximum atomic E-state index is 11.5. The summed E-state index contributed by atoms with van der Waals surface area (Å²) >= 11 is 1.87. The molecule has 94 valence electrons. The molecule has 0 unspecified atom stereocenters. The summed E-state index contributed by atoms with van der Waals surface area (Å²) in [6.45, 7) is 7.10. The minimum absolute atomic E-state index is 0.00273. The van der Waals surface area contributed by atoms with Gasteiger partial charge in [-0.1, -0.05) is 13.8 Å². The molecular formula is C12H23NO2S. The Morgan fingerprint density at radius 1 is 1.25 bits per heavy atom. The lowest BCUT2D eigenvalue weighted by Gasteiger charge is -2.30. The quantitative estimate of drug-likeness (QED) is 0.716. The fourth-order valence-corrected chi connectivity index (χ4v) is 2.35. The van der Waals surface area contributed by atoms with Gasteiger partial charge in [0, 0.05) is 18.3 Å². The number of Topliss-reactive ketones (excluding diaryl/α,β-unsaturated/α-hetero) is 1. The Bertz CT molecular complexity index is 223. The van der Waals surface area contributed by atoms with Crippen LogP contribution in [-0.4, -0.2) is 41.2 Å². The fraction of sp³-hybridized carbons (Fsp3) is 0.833. The van der Waals surface area contributed by atoms with Crippen molar-refractivity contribution in [2.45, 2.75) is 45.3 Å². The van der Waals surface area contributed by atoms with Crippen molar-refractivity contribution in [3.8, 4) is 0 Å². The van der Waals surface area contributed by atoms with E-state index in [-0.39, 0.29) is 18.1 Å². The van der Waals surface area contributed by atoms with Gasteiger partial charge < -0.3 is 4.90 Å². The van der Waals surface area contributed by atoms with Crippen molar-refractivity contribution in [3.63, 3.8) is 0 Å². The molecule has 0 radical (unpaired) electrons. The molecule has 0 aromatic carbocycles. The van der Waals surface area contributed by atoms with Crippen LogP contribution in [0.4, 0.5) is 0 Å². The van der Waals surface area contributed by atoms with E-state index < -0.39 is 0 Å². The van der Waals surface area contributed by atoms with Crippen LogP contribution in [0.5, 0.6) is 0 Å². The standard InChI is InChI=1S/C10H17NO2S.C2H6/c1-8(12)7-10(13)11-5-3-9(14-2)4-6-11;1-2/h9H,3-7H2,1-2H3;1-2H3. The molecule has 0 aromatic heterocycles. The van der Waals surface area contributed by atoms with E-state index >= 15 is 0 Å². The minimum Gasteiger partial charge on any atom is -0.342 e. The van der Waals surface area contributed by atoms with Crippen molar-refractivity contribution in [1.82, 2.24) is 4.90 Å². The molecule has 0 aromatic rings. The largest absolute Gasteiger partial charge is 0.342 e. The number of nitrogens with zero attached hydrogens (tertiary/aromatic N) is 1. The van der Waals surface area contributed by atoms with Gasteiger partial charge in [0.15, 0.2) is 0 Å². The van der Waals surface area contributed by atoms with Gasteiger partial charge in [-0.15, -0.1) is 0 Å². The Morgan fingerprint density at radius 3 is 2.12 bits per heavy atom. The van der Waals surface area contributed by atoms with Crippen molar-refractivity contribution < 1.29 is 9.59 Å². The summed E-state index contributed by atoms with van der Waals surface area (Å²) in [5.74, 6) is -0.0426. The van der Waals surface area contributed by atoms with E-state index in [1.165, 1.54) is 6.92 Å². The van der Waals surface area contributed by atoms with Gasteiger partial charge in [0.1, 0.15) is 5.78 Å². The molecule has 1 fully saturated rings. The molecule has 1 aliphatic heterocycles. The number of amides is 1. The molecule has 1 rings (SSSR count). The zero-order valence-corrected chi connectivity index (χ0v) is 11.6. The number of ketones is 1. The molecule has 0 spiro atoms. The van der Waals surface area contributed by atoms with Crippen LogP contribution in [0.25, 0.3) is 0 Å². The van der Waals surface area contributed by atoms with Gasteiger partial charge in [0.05, 0.1) is 6.42 Å². The number of carbonyl (C=O) groups excluding carboxylic acids is 2. The Balaban J connectivity index is 0.00000106. The first-order valence-electron chi connectivity index (χ1n) is 5.93. The number of likely N-dealkylation sites (tertiary alicyclic amines) is 1. The van der Waals surface area contributed by atoms with Crippen molar-refractivity contribution >= 4 is 23.5 Å². The lowest BCUT2D eigenvalue weighted by atomic mass is 10.1. The topological polar surface area (TPSA) is 37.4 Å². The third-order valence-corrected chi connectivity index (χ3v) is 3.67. The molecule has 3 nitrogen and oxygen atoms in total. The van der Waals surface area contributed by atoms with Crippen LogP contribution < -0.4 is 0 Å². The Kier molecular flexibility index (Phi) is 8.35. The highest BCUT2D eigenvalue weighted by Gasteiger charge is 2.22. The maximum Gasteiger partial charge on any atom is 0.230 e. The molecule has 16 heavy (non-hydrogen) atoms. The van der Waals surface area contributed by atoms with Gasteiger partial charge in [0.2, 0.25) is 5.91 Å². The van der Waals surface area contributed by atoms with Crippen LogP contribution in [0.15, 0.2) is 0 Å². The van der Waals surface area contributed by atoms with E-state index in [9.17, 15) is 9.59 Å². The van der Waals surface area contributed by atoms with Gasteiger partial charge in [-0.3, -0.25) is 9.59 Å². The van der Waals surface area contributed by atoms with Gasteiger partial charge in [-0.05, 0) is 26.0 Å². The summed E-state index contributed by atoms with van der Waals surface area (Å²) in [6.07, 6.45) is 4.30. The molecule has 4 heteroatoms. The van der Waals surface area contributed by atoms with Crippen molar-refractivity contribution in [2.75, 3.05) is 19.3 Å². The summed E-state index contributed by atoms with van der Waals surface area (Å²) in [7, 11) is 0. The molecular weight excluding hydrogens is 222 g/mol. The van der Waals surface area contributed by atoms with Crippen LogP contribution in [-0.2, 0) is 9.59 Å². The Hall–Kier alpha value is -0.510. The predicted molar refractivity (Wildman–Crippen MR) is 69.8 cm³/mol. The Labute approximate surface area is 103 Å². The average Bonchev–Trinajstić information content (AvgIpc) is 2.31. The summed E-state index contributed by atoms with van der Waals surface area (Å²) < 4.78 is 0. The number of rotatable bonds is 3. The summed E-state index contributed by atoms with van der Waals surface area (Å²) in [6, 6.07) is 0. The van der Waals surface area contributed by atoms with Crippen molar-refractivity contribution in [1.29, 1.82) is 0 Å². The van der Waals surface area contributed by atoms with Crippen molar-refractivity contribution in [2.24, 2.45) is 0 Å². The second-order valence-electron chi connectivity index (χ2n) is 3.69. The lowest BCUT2D eigenvalue weighted by molar-refractivity contribution is -0.135. The molecule has 0 saturated carbocycles. The van der Waals surface area contributed by atoms with Crippen LogP contribution >= 0.6 is 11.8 Å². The SMILES string of the molecule is CC.CSC1CCN(C(=O)CC(C)=O)CC1. The molecule has 0 bridgehead atoms. The van der Waals surface area contributed by atoms with Crippen LogP contribution in [0.3, 0.4) is 0 Å². The summed E-state index contributed by atoms with van der Waals surface area (Å²) in [4.78, 5) is 24.1. The van der Waals surface area contributed by atoms with Gasteiger partial charge in [-0.25, -0.2) is 0 Å². The minimum atomic E-state index is -0.0398. The Morgan fingerprint density at radius 2 is 1.75 bits per heavy atom. The second kappa shape index (κ2) is 8.62. The lowest BCUT2D eigenvalue weighted by Crippen LogP contribution is -2.39. The van der Waals surface area contributed by atoms with Gasteiger partial charge >= 0.3 is 0 Å². The number of piperidine rings is 1. The van der Waals surface area contributed by atoms with Crippen LogP contribution in [0, 0.1) is 0 Å². The highest BCUT2D eigenvalue weighted by atomic mass is 32.2. The molecule has 0 aliphatic carbocycles. The summed E-state index contributed by atoms with van der Waals surface area (Å²) in [5, 5.41) is 0.691. The maximum absolute atomic E-state index is 11.5. The molecule has 1 saturated heterocycles. The zero-order chi connectivity index (χ0) is 12.6. The first-order valence-corrected chi connectivity index (χ1v) is 7.22. The van der Waals surface area contributed by atoms with Crippen LogP contribution in [0.1, 0.15) is 40.0 Å². The highest BCUT2D eigenvalue weighted by Crippen LogP contribution is 2.21. The van der Waals surface area contributed by atoms with E-state index in [2.05, 4.69) is 6.26 Å². The smallest absolute Gasteiger partial charge is 0.230 e. The number of hydrogen-bond donors (Lipinski definition) is 0. The van der Waals surface area contributed by atoms with Crippen LogP contribution in [0.2, 0.25) is 0 Å². The number of thioether (sulfide) groups is 1. The number of hydrogen-bond acceptors (Lipinski definition) is 3. The fourth-order valence-electron chi connectivity index (χ4n) is 1.67. The van der Waals surface area contributed by atoms with E-state index in [4.69, 9.17) is 0 Å². The number of carbonyl (C=O) groups is 2. The molecule has 1 aliphatic rings. The predicted octanol–water partition coefficient (Wildman–Crippen LogP) is 2.35. The van der Waals surface area contributed by atoms with Gasteiger partial charge in [0.25, 0.3) is 0 Å². The average molecular weight is 245 g/mol. The molecule has 1 heterocycles. The first kappa shape index (κ1) is 15.5. The van der Waals surface area contributed by atoms with E-state index in [0.29, 0.717) is 5.25 Å².